The molecule has 184 valence electrons. The fourth-order valence-corrected chi connectivity index (χ4v) is 4.26. The van der Waals surface area contributed by atoms with E-state index in [0.717, 1.165) is 22.0 Å². The fourth-order valence-electron chi connectivity index (χ4n) is 4.26. The summed E-state index contributed by atoms with van der Waals surface area (Å²) in [7, 11) is 1.29. The second-order valence-electron chi connectivity index (χ2n) is 8.38. The van der Waals surface area contributed by atoms with E-state index in [9.17, 15) is 14.4 Å². The molecule has 8 heteroatoms. The maximum absolute atomic E-state index is 13.8. The molecule has 0 fully saturated rings. The van der Waals surface area contributed by atoms with Crippen molar-refractivity contribution < 1.29 is 19.1 Å². The summed E-state index contributed by atoms with van der Waals surface area (Å²) in [6, 6.07) is 26.2. The summed E-state index contributed by atoms with van der Waals surface area (Å²) < 4.78 is 4.67. The summed E-state index contributed by atoms with van der Waals surface area (Å²) in [5, 5.41) is 3.68. The molecule has 4 aromatic rings. The number of fused-ring (bicyclic) bond motifs is 2. The fraction of sp³-hybridized carbons (Fsp3) is 0.103. The molecule has 5 rings (SSSR count). The van der Waals surface area contributed by atoms with Gasteiger partial charge in [-0.3, -0.25) is 9.59 Å². The Labute approximate surface area is 213 Å². The van der Waals surface area contributed by atoms with Crippen molar-refractivity contribution in [1.29, 1.82) is 0 Å². The number of hydrogen-bond acceptors (Lipinski definition) is 5. The number of rotatable bonds is 6. The molecule has 0 radical (unpaired) electrons. The van der Waals surface area contributed by atoms with Crippen molar-refractivity contribution in [3.63, 3.8) is 0 Å². The van der Waals surface area contributed by atoms with E-state index in [2.05, 4.69) is 15.0 Å². The Morgan fingerprint density at radius 3 is 2.54 bits per heavy atom. The Kier molecular flexibility index (Phi) is 6.63. The van der Waals surface area contributed by atoms with Gasteiger partial charge in [0.25, 0.3) is 11.8 Å². The predicted molar refractivity (Wildman–Crippen MR) is 142 cm³/mol. The number of carbonyl (C=O) groups is 3. The third-order valence-electron chi connectivity index (χ3n) is 6.04. The van der Waals surface area contributed by atoms with Crippen LogP contribution in [0.4, 0.5) is 5.69 Å². The van der Waals surface area contributed by atoms with Crippen LogP contribution in [0.3, 0.4) is 0 Å². The molecule has 1 aliphatic rings. The number of benzene rings is 3. The van der Waals surface area contributed by atoms with E-state index in [-0.39, 0.29) is 6.54 Å². The molecule has 0 saturated carbocycles. The second kappa shape index (κ2) is 10.3. The number of nitrogens with one attached hydrogen (secondary N) is 2. The number of H-pyrrole nitrogens is 1. The lowest BCUT2D eigenvalue weighted by Crippen LogP contribution is -2.47. The number of nitrogens with zero attached hydrogens (tertiary/aromatic N) is 2. The molecular weight excluding hydrogens is 468 g/mol. The van der Waals surface area contributed by atoms with Crippen LogP contribution in [-0.2, 0) is 14.3 Å². The zero-order valence-electron chi connectivity index (χ0n) is 20.0. The van der Waals surface area contributed by atoms with Gasteiger partial charge in [-0.15, -0.1) is 0 Å². The van der Waals surface area contributed by atoms with Crippen LogP contribution in [0.15, 0.2) is 102 Å². The largest absolute Gasteiger partial charge is 0.466 e. The number of esters is 1. The van der Waals surface area contributed by atoms with Gasteiger partial charge >= 0.3 is 5.97 Å². The van der Waals surface area contributed by atoms with Crippen LogP contribution in [0.1, 0.15) is 21.6 Å². The number of aliphatic imine (C=N–C) groups is 1. The number of aromatic nitrogens is 1. The zero-order valence-corrected chi connectivity index (χ0v) is 20.0. The number of amides is 2. The Morgan fingerprint density at radius 1 is 1.03 bits per heavy atom. The van der Waals surface area contributed by atoms with Crippen molar-refractivity contribution in [1.82, 2.24) is 10.3 Å². The lowest BCUT2D eigenvalue weighted by Gasteiger charge is -2.24. The Morgan fingerprint density at radius 2 is 1.76 bits per heavy atom. The summed E-state index contributed by atoms with van der Waals surface area (Å²) in [5.74, 6) is -1.42. The third-order valence-corrected chi connectivity index (χ3v) is 6.04. The van der Waals surface area contributed by atoms with E-state index in [0.29, 0.717) is 17.1 Å². The molecule has 2 heterocycles. The van der Waals surface area contributed by atoms with Crippen LogP contribution in [0.25, 0.3) is 10.9 Å². The first-order valence-electron chi connectivity index (χ1n) is 11.7. The number of ether oxygens (including phenoxy) is 1. The minimum Gasteiger partial charge on any atom is -0.466 e. The van der Waals surface area contributed by atoms with Gasteiger partial charge in [-0.25, -0.2) is 9.79 Å². The quantitative estimate of drug-likeness (QED) is 0.315. The number of benzodiazepines with no additional fused rings is 1. The zero-order chi connectivity index (χ0) is 25.8. The van der Waals surface area contributed by atoms with Gasteiger partial charge < -0.3 is 19.9 Å². The van der Waals surface area contributed by atoms with Crippen molar-refractivity contribution in [3.8, 4) is 0 Å². The van der Waals surface area contributed by atoms with Crippen molar-refractivity contribution >= 4 is 40.1 Å². The summed E-state index contributed by atoms with van der Waals surface area (Å²) in [5.41, 5.74) is 3.87. The van der Waals surface area contributed by atoms with Gasteiger partial charge in [-0.2, -0.15) is 0 Å². The highest BCUT2D eigenvalue weighted by Gasteiger charge is 2.33. The monoisotopic (exact) mass is 492 g/mol. The summed E-state index contributed by atoms with van der Waals surface area (Å²) >= 11 is 0. The van der Waals surface area contributed by atoms with E-state index >= 15 is 0 Å². The van der Waals surface area contributed by atoms with E-state index in [1.165, 1.54) is 18.1 Å². The van der Waals surface area contributed by atoms with E-state index in [1.807, 2.05) is 78.9 Å². The van der Waals surface area contributed by atoms with Gasteiger partial charge in [0.2, 0.25) is 6.17 Å². The molecule has 1 aliphatic heterocycles. The number of anilines is 1. The average molecular weight is 493 g/mol. The van der Waals surface area contributed by atoms with E-state index < -0.39 is 23.9 Å². The van der Waals surface area contributed by atoms with Crippen molar-refractivity contribution in [2.75, 3.05) is 18.6 Å². The molecule has 2 N–H and O–H groups in total. The van der Waals surface area contributed by atoms with Crippen molar-refractivity contribution in [3.05, 3.63) is 114 Å². The molecule has 1 unspecified atom stereocenters. The standard InChI is InChI=1S/C29H24N4O4/c1-37-25(34)16-9-17-33-24-15-8-6-13-21(24)26(19-10-3-2-4-11-19)31-27(29(33)36)32-28(35)23-18-20-12-5-7-14-22(20)30-23/h2-16,18,27,30H,17H2,1H3,(H,32,35). The van der Waals surface area contributed by atoms with Crippen LogP contribution < -0.4 is 10.2 Å². The molecule has 0 aliphatic carbocycles. The molecule has 1 aromatic heterocycles. The number of para-hydroxylation sites is 2. The smallest absolute Gasteiger partial charge is 0.330 e. The Balaban J connectivity index is 1.56. The molecule has 8 nitrogen and oxygen atoms in total. The minimum absolute atomic E-state index is 0.0846. The van der Waals surface area contributed by atoms with E-state index in [1.54, 1.807) is 12.1 Å². The van der Waals surface area contributed by atoms with Crippen molar-refractivity contribution in [2.24, 2.45) is 4.99 Å². The normalized spacial score (nSPS) is 15.3. The van der Waals surface area contributed by atoms with Gasteiger partial charge in [0, 0.05) is 34.7 Å². The van der Waals surface area contributed by atoms with Gasteiger partial charge in [0.05, 0.1) is 18.5 Å². The van der Waals surface area contributed by atoms with Crippen molar-refractivity contribution in [2.45, 2.75) is 6.17 Å². The van der Waals surface area contributed by atoms with Gasteiger partial charge in [-0.1, -0.05) is 72.8 Å². The van der Waals surface area contributed by atoms with Gasteiger partial charge in [0.1, 0.15) is 5.69 Å². The van der Waals surface area contributed by atoms with Crippen LogP contribution in [0.5, 0.6) is 0 Å². The molecular formula is C29H24N4O4. The summed E-state index contributed by atoms with van der Waals surface area (Å²) in [6.07, 6.45) is 1.61. The average Bonchev–Trinajstić information content (AvgIpc) is 3.34. The molecule has 0 spiro atoms. The highest BCUT2D eigenvalue weighted by molar-refractivity contribution is 6.20. The highest BCUT2D eigenvalue weighted by atomic mass is 16.5. The van der Waals surface area contributed by atoms with Crippen LogP contribution in [0.2, 0.25) is 0 Å². The number of hydrogen-bond donors (Lipinski definition) is 2. The molecule has 0 saturated heterocycles. The molecule has 1 atom stereocenters. The maximum Gasteiger partial charge on any atom is 0.330 e. The first kappa shape index (κ1) is 23.7. The summed E-state index contributed by atoms with van der Waals surface area (Å²) in [6.45, 7) is 0.0846. The third kappa shape index (κ3) is 4.90. The SMILES string of the molecule is COC(=O)C=CCN1C(=O)C(NC(=O)c2cc3ccccc3[nH]2)N=C(c2ccccc2)c2ccccc21. The van der Waals surface area contributed by atoms with Crippen LogP contribution in [0, 0.1) is 0 Å². The molecule has 3 aromatic carbocycles. The lowest BCUT2D eigenvalue weighted by molar-refractivity contribution is -0.134. The first-order valence-corrected chi connectivity index (χ1v) is 11.7. The van der Waals surface area contributed by atoms with Crippen LogP contribution in [-0.4, -0.2) is 48.3 Å². The van der Waals surface area contributed by atoms with Gasteiger partial charge in [-0.05, 0) is 18.2 Å². The first-order chi connectivity index (χ1) is 18.0. The maximum atomic E-state index is 13.8. The Bertz CT molecular complexity index is 1500. The Hall–Kier alpha value is -4.98. The molecule has 37 heavy (non-hydrogen) atoms. The number of aromatic amines is 1. The topological polar surface area (TPSA) is 104 Å². The summed E-state index contributed by atoms with van der Waals surface area (Å²) in [4.78, 5) is 48.0. The van der Waals surface area contributed by atoms with Gasteiger partial charge in [0.15, 0.2) is 0 Å². The predicted octanol–water partition coefficient (Wildman–Crippen LogP) is 3.84. The molecule has 0 bridgehead atoms. The lowest BCUT2D eigenvalue weighted by atomic mass is 10.0. The van der Waals surface area contributed by atoms with Crippen LogP contribution >= 0.6 is 0 Å². The van der Waals surface area contributed by atoms with E-state index in [4.69, 9.17) is 4.99 Å². The highest BCUT2D eigenvalue weighted by Crippen LogP contribution is 2.28. The minimum atomic E-state index is -1.20. The number of methoxy groups -OCH3 is 1. The molecule has 2 amide bonds. The number of carbonyl (C=O) groups excluding carboxylic acids is 3. The second-order valence-corrected chi connectivity index (χ2v) is 8.38.